The van der Waals surface area contributed by atoms with Gasteiger partial charge in [0.25, 0.3) is 0 Å². The van der Waals surface area contributed by atoms with Crippen LogP contribution in [0.25, 0.3) is 0 Å². The van der Waals surface area contributed by atoms with Gasteiger partial charge >= 0.3 is 12.0 Å². The van der Waals surface area contributed by atoms with Crippen molar-refractivity contribution in [3.63, 3.8) is 0 Å². The van der Waals surface area contributed by atoms with Crippen molar-refractivity contribution in [1.82, 2.24) is 4.98 Å². The average molecular weight is 459 g/mol. The van der Waals surface area contributed by atoms with Crippen LogP contribution in [0.5, 0.6) is 17.2 Å². The highest BCUT2D eigenvalue weighted by Gasteiger charge is 2.16. The molecular weight excluding hydrogens is 437 g/mol. The maximum absolute atomic E-state index is 14.3. The van der Waals surface area contributed by atoms with Crippen molar-refractivity contribution in [2.75, 3.05) is 24.4 Å². The minimum Gasteiger partial charge on any atom is -0.493 e. The van der Waals surface area contributed by atoms with Crippen molar-refractivity contribution in [1.29, 1.82) is 0 Å². The number of thiazole rings is 1. The number of nitrogens with one attached hydrogen (secondary N) is 2. The Kier molecular flexibility index (Phi) is 7.61. The summed E-state index contributed by atoms with van der Waals surface area (Å²) in [5.74, 6) is -0.617. The van der Waals surface area contributed by atoms with E-state index in [1.165, 1.54) is 30.6 Å². The van der Waals surface area contributed by atoms with Gasteiger partial charge in [-0.1, -0.05) is 12.1 Å². The minimum absolute atomic E-state index is 0.0219. The molecule has 0 fully saturated rings. The van der Waals surface area contributed by atoms with E-state index in [1.807, 2.05) is 6.92 Å². The molecular formula is C22H22FN3O5S. The molecule has 8 nitrogen and oxygen atoms in total. The first kappa shape index (κ1) is 23.0. The van der Waals surface area contributed by atoms with Crippen LogP contribution in [0.15, 0.2) is 41.8 Å². The number of carbonyl (C=O) groups excluding carboxylic acids is 2. The van der Waals surface area contributed by atoms with Gasteiger partial charge in [-0.15, -0.1) is 11.3 Å². The van der Waals surface area contributed by atoms with E-state index in [0.717, 1.165) is 5.56 Å². The van der Waals surface area contributed by atoms with Gasteiger partial charge in [0.1, 0.15) is 0 Å². The first-order valence-electron chi connectivity index (χ1n) is 9.68. The predicted molar refractivity (Wildman–Crippen MR) is 119 cm³/mol. The summed E-state index contributed by atoms with van der Waals surface area (Å²) in [5.41, 5.74) is 1.67. The third-order valence-corrected chi connectivity index (χ3v) is 4.96. The van der Waals surface area contributed by atoms with E-state index in [9.17, 15) is 14.0 Å². The highest BCUT2D eigenvalue weighted by atomic mass is 32.1. The highest BCUT2D eigenvalue weighted by Crippen LogP contribution is 2.37. The number of ether oxygens (including phenoxy) is 3. The number of hydrogen-bond acceptors (Lipinski definition) is 7. The number of esters is 1. The molecule has 0 atom stereocenters. The molecule has 2 N–H and O–H groups in total. The summed E-state index contributed by atoms with van der Waals surface area (Å²) in [6.45, 7) is 3.85. The molecule has 0 aliphatic rings. The molecule has 0 aliphatic heterocycles. The number of urea groups is 1. The summed E-state index contributed by atoms with van der Waals surface area (Å²) in [6.07, 6.45) is 0.0219. The fraction of sp³-hybridized carbons (Fsp3) is 0.227. The molecule has 0 saturated carbocycles. The van der Waals surface area contributed by atoms with Gasteiger partial charge in [-0.2, -0.15) is 0 Å². The molecule has 2 aromatic carbocycles. The van der Waals surface area contributed by atoms with Gasteiger partial charge in [0.05, 0.1) is 31.5 Å². The van der Waals surface area contributed by atoms with Crippen molar-refractivity contribution >= 4 is 34.2 Å². The molecule has 0 unspecified atom stereocenters. The Balaban J connectivity index is 1.72. The largest absolute Gasteiger partial charge is 0.493 e. The lowest BCUT2D eigenvalue weighted by Crippen LogP contribution is -2.20. The van der Waals surface area contributed by atoms with Crippen LogP contribution in [-0.2, 0) is 16.0 Å². The maximum Gasteiger partial charge on any atom is 0.325 e. The van der Waals surface area contributed by atoms with Gasteiger partial charge in [-0.05, 0) is 43.7 Å². The van der Waals surface area contributed by atoms with Crippen molar-refractivity contribution in [3.8, 4) is 17.2 Å². The molecule has 0 radical (unpaired) electrons. The van der Waals surface area contributed by atoms with E-state index >= 15 is 0 Å². The number of aromatic nitrogens is 1. The number of benzene rings is 2. The van der Waals surface area contributed by atoms with Crippen molar-refractivity contribution in [3.05, 3.63) is 58.9 Å². The zero-order valence-corrected chi connectivity index (χ0v) is 18.5. The number of anilines is 2. The van der Waals surface area contributed by atoms with Crippen LogP contribution >= 0.6 is 11.3 Å². The fourth-order valence-electron chi connectivity index (χ4n) is 2.73. The molecule has 0 bridgehead atoms. The lowest BCUT2D eigenvalue weighted by molar-refractivity contribution is -0.142. The second-order valence-electron chi connectivity index (χ2n) is 6.58. The summed E-state index contributed by atoms with van der Waals surface area (Å²) in [7, 11) is 1.41. The second kappa shape index (κ2) is 10.6. The van der Waals surface area contributed by atoms with Crippen molar-refractivity contribution < 1.29 is 28.2 Å². The summed E-state index contributed by atoms with van der Waals surface area (Å²) in [4.78, 5) is 28.3. The van der Waals surface area contributed by atoms with Crippen LogP contribution in [-0.4, -0.2) is 30.7 Å². The van der Waals surface area contributed by atoms with E-state index < -0.39 is 11.8 Å². The summed E-state index contributed by atoms with van der Waals surface area (Å²) in [5, 5.41) is 7.25. The van der Waals surface area contributed by atoms with E-state index in [1.54, 1.807) is 36.6 Å². The third-order valence-electron chi connectivity index (χ3n) is 4.15. The Morgan fingerprint density at radius 2 is 1.97 bits per heavy atom. The first-order valence-corrected chi connectivity index (χ1v) is 10.6. The van der Waals surface area contributed by atoms with E-state index in [2.05, 4.69) is 15.6 Å². The molecule has 0 aliphatic carbocycles. The van der Waals surface area contributed by atoms with Gasteiger partial charge in [-0.3, -0.25) is 10.1 Å². The second-order valence-corrected chi connectivity index (χ2v) is 7.44. The minimum atomic E-state index is -0.599. The zero-order valence-electron chi connectivity index (χ0n) is 17.7. The van der Waals surface area contributed by atoms with Gasteiger partial charge < -0.3 is 19.5 Å². The number of halogens is 1. The summed E-state index contributed by atoms with van der Waals surface area (Å²) < 4.78 is 30.1. The number of nitrogens with zero attached hydrogens (tertiary/aromatic N) is 1. The van der Waals surface area contributed by atoms with Gasteiger partial charge in [0, 0.05) is 5.38 Å². The number of para-hydroxylation sites is 1. The van der Waals surface area contributed by atoms with Crippen LogP contribution in [0.3, 0.4) is 0 Å². The molecule has 3 rings (SSSR count). The maximum atomic E-state index is 14.3. The van der Waals surface area contributed by atoms with E-state index in [0.29, 0.717) is 16.5 Å². The van der Waals surface area contributed by atoms with Crippen molar-refractivity contribution in [2.24, 2.45) is 0 Å². The van der Waals surface area contributed by atoms with Crippen LogP contribution in [0.4, 0.5) is 20.0 Å². The fourth-order valence-corrected chi connectivity index (χ4v) is 3.44. The van der Waals surface area contributed by atoms with Crippen LogP contribution < -0.4 is 20.1 Å². The Bertz CT molecular complexity index is 1120. The molecule has 3 aromatic rings. The van der Waals surface area contributed by atoms with Gasteiger partial charge in [0.2, 0.25) is 5.75 Å². The van der Waals surface area contributed by atoms with E-state index in [4.69, 9.17) is 14.2 Å². The monoisotopic (exact) mass is 459 g/mol. The molecule has 2 amide bonds. The Labute approximate surface area is 188 Å². The zero-order chi connectivity index (χ0) is 23.1. The van der Waals surface area contributed by atoms with Crippen LogP contribution in [0.2, 0.25) is 0 Å². The normalized spacial score (nSPS) is 10.4. The lowest BCUT2D eigenvalue weighted by atomic mass is 10.2. The average Bonchev–Trinajstić information content (AvgIpc) is 3.17. The number of rotatable bonds is 8. The standard InChI is InChI=1S/C22H22FN3O5S/c1-4-30-19(27)11-14-12-32-22(24-14)26-21(28)25-16-9-8-13(2)10-18(16)31-20-15(23)6-5-7-17(20)29-3/h5-10,12H,4,11H2,1-3H3,(H2,24,25,26,28). The van der Waals surface area contributed by atoms with Crippen LogP contribution in [0.1, 0.15) is 18.2 Å². The quantitative estimate of drug-likeness (QED) is 0.453. The topological polar surface area (TPSA) is 98.8 Å². The molecule has 1 heterocycles. The summed E-state index contributed by atoms with van der Waals surface area (Å²) in [6, 6.07) is 8.86. The van der Waals surface area contributed by atoms with Crippen LogP contribution in [0, 0.1) is 12.7 Å². The molecule has 0 spiro atoms. The SMILES string of the molecule is CCOC(=O)Cc1csc(NC(=O)Nc2ccc(C)cc2Oc2c(F)cccc2OC)n1. The molecule has 10 heteroatoms. The number of hydrogen-bond donors (Lipinski definition) is 2. The summed E-state index contributed by atoms with van der Waals surface area (Å²) >= 11 is 1.18. The number of amides is 2. The molecule has 1 aromatic heterocycles. The number of methoxy groups -OCH3 is 1. The molecule has 0 saturated heterocycles. The third kappa shape index (κ3) is 5.94. The number of carbonyl (C=O) groups is 2. The smallest absolute Gasteiger partial charge is 0.325 e. The lowest BCUT2D eigenvalue weighted by Gasteiger charge is -2.15. The van der Waals surface area contributed by atoms with Crippen molar-refractivity contribution in [2.45, 2.75) is 20.3 Å². The van der Waals surface area contributed by atoms with E-state index in [-0.39, 0.29) is 36.2 Å². The Morgan fingerprint density at radius 3 is 2.72 bits per heavy atom. The number of aryl methyl sites for hydroxylation is 1. The predicted octanol–water partition coefficient (Wildman–Crippen LogP) is 5.14. The Hall–Kier alpha value is -3.66. The van der Waals surface area contributed by atoms with Gasteiger partial charge in [-0.25, -0.2) is 14.2 Å². The first-order chi connectivity index (χ1) is 15.4. The Morgan fingerprint density at radius 1 is 1.16 bits per heavy atom. The highest BCUT2D eigenvalue weighted by molar-refractivity contribution is 7.14. The molecule has 32 heavy (non-hydrogen) atoms. The molecule has 168 valence electrons. The van der Waals surface area contributed by atoms with Gasteiger partial charge in [0.15, 0.2) is 22.4 Å².